The summed E-state index contributed by atoms with van der Waals surface area (Å²) in [5.41, 5.74) is 1.57. The van der Waals surface area contributed by atoms with Crippen LogP contribution in [0.1, 0.15) is 5.56 Å². The summed E-state index contributed by atoms with van der Waals surface area (Å²) >= 11 is 8.23. The van der Waals surface area contributed by atoms with E-state index in [1.165, 1.54) is 17.7 Å². The van der Waals surface area contributed by atoms with E-state index in [2.05, 4.69) is 57.3 Å². The third-order valence-electron chi connectivity index (χ3n) is 3.89. The van der Waals surface area contributed by atoms with Crippen molar-refractivity contribution in [1.29, 1.82) is 0 Å². The number of fused-ring (bicyclic) bond motifs is 1. The summed E-state index contributed by atoms with van der Waals surface area (Å²) in [5.74, 6) is 0.261. The van der Waals surface area contributed by atoms with E-state index in [1.807, 2.05) is 23.6 Å². The van der Waals surface area contributed by atoms with Gasteiger partial charge in [0.05, 0.1) is 12.0 Å². The van der Waals surface area contributed by atoms with Gasteiger partial charge in [0.2, 0.25) is 5.91 Å². The van der Waals surface area contributed by atoms with Crippen molar-refractivity contribution in [2.45, 2.75) is 6.42 Å². The second-order valence-corrected chi connectivity index (χ2v) is 8.35. The summed E-state index contributed by atoms with van der Waals surface area (Å²) in [7, 11) is 0. The number of amides is 1. The molecule has 0 atom stereocenters. The Hall–Kier alpha value is -2.30. The average Bonchev–Trinajstić information content (AvgIpc) is 3.26. The van der Waals surface area contributed by atoms with Gasteiger partial charge < -0.3 is 10.3 Å². The van der Waals surface area contributed by atoms with Crippen molar-refractivity contribution in [3.05, 3.63) is 60.8 Å². The van der Waals surface area contributed by atoms with Gasteiger partial charge in [-0.2, -0.15) is 5.10 Å². The molecule has 0 bridgehead atoms. The number of aromatic amines is 2. The molecular weight excluding hydrogens is 498 g/mol. The van der Waals surface area contributed by atoms with Crippen molar-refractivity contribution in [3.63, 3.8) is 0 Å². The molecule has 0 saturated heterocycles. The molecule has 136 valence electrons. The maximum absolute atomic E-state index is 12.5. The van der Waals surface area contributed by atoms with Crippen LogP contribution in [0.15, 0.2) is 49.7 Å². The van der Waals surface area contributed by atoms with Crippen LogP contribution >= 0.6 is 43.2 Å². The van der Waals surface area contributed by atoms with Crippen molar-refractivity contribution in [2.75, 3.05) is 5.32 Å². The van der Waals surface area contributed by atoms with Gasteiger partial charge in [0.1, 0.15) is 11.3 Å². The molecule has 3 aromatic heterocycles. The van der Waals surface area contributed by atoms with Crippen LogP contribution in [0.25, 0.3) is 22.3 Å². The summed E-state index contributed by atoms with van der Waals surface area (Å²) in [4.78, 5) is 31.8. The number of nitrogens with one attached hydrogen (secondary N) is 3. The number of aromatic nitrogens is 4. The number of carbonyl (C=O) groups is 1. The Kier molecular flexibility index (Phi) is 4.94. The van der Waals surface area contributed by atoms with E-state index >= 15 is 0 Å². The smallest absolute Gasteiger partial charge is 0.252 e. The monoisotopic (exact) mass is 507 g/mol. The highest BCUT2D eigenvalue weighted by atomic mass is 79.9. The van der Waals surface area contributed by atoms with E-state index in [0.717, 1.165) is 25.4 Å². The minimum atomic E-state index is -0.287. The Morgan fingerprint density at radius 3 is 2.89 bits per heavy atom. The highest BCUT2D eigenvalue weighted by molar-refractivity contribution is 9.10. The summed E-state index contributed by atoms with van der Waals surface area (Å²) < 4.78 is 1.70. The molecule has 0 saturated carbocycles. The number of nitrogens with zero attached hydrogens (tertiary/aromatic N) is 2. The van der Waals surface area contributed by atoms with Gasteiger partial charge in [0.15, 0.2) is 5.82 Å². The zero-order valence-corrected chi connectivity index (χ0v) is 17.5. The Labute approximate surface area is 173 Å². The number of anilines is 1. The van der Waals surface area contributed by atoms with Gasteiger partial charge in [-0.1, -0.05) is 15.9 Å². The van der Waals surface area contributed by atoms with Crippen molar-refractivity contribution in [2.24, 2.45) is 0 Å². The molecule has 0 fully saturated rings. The number of carbonyl (C=O) groups excluding carboxylic acids is 1. The number of rotatable bonds is 4. The third kappa shape index (κ3) is 3.73. The molecule has 1 amide bonds. The standard InChI is InChI=1S/C17H11Br2N5O2S/c18-10-1-2-12-8(4-10)3-9(16(26)22-12)5-13(25)23-17-14(11(19)6-27-17)15-20-7-21-24-15/h1-4,6-7H,5H2,(H,22,26)(H,23,25)(H,20,21,24). The van der Waals surface area contributed by atoms with Gasteiger partial charge in [-0.3, -0.25) is 14.7 Å². The number of benzene rings is 1. The first kappa shape index (κ1) is 18.1. The molecule has 4 aromatic rings. The fourth-order valence-electron chi connectivity index (χ4n) is 2.67. The van der Waals surface area contributed by atoms with Crippen LogP contribution in [0.2, 0.25) is 0 Å². The van der Waals surface area contributed by atoms with E-state index in [1.54, 1.807) is 6.07 Å². The molecule has 0 radical (unpaired) electrons. The number of hydrogen-bond donors (Lipinski definition) is 3. The molecule has 1 aromatic carbocycles. The minimum absolute atomic E-state index is 0.0385. The molecule has 27 heavy (non-hydrogen) atoms. The van der Waals surface area contributed by atoms with E-state index in [4.69, 9.17) is 0 Å². The number of thiophene rings is 1. The van der Waals surface area contributed by atoms with Gasteiger partial charge in [0.25, 0.3) is 5.56 Å². The number of hydrogen-bond acceptors (Lipinski definition) is 5. The molecule has 0 aliphatic rings. The number of pyridine rings is 1. The first-order valence-electron chi connectivity index (χ1n) is 7.75. The first-order valence-corrected chi connectivity index (χ1v) is 10.2. The second kappa shape index (κ2) is 7.37. The maximum atomic E-state index is 12.5. The zero-order chi connectivity index (χ0) is 19.0. The highest BCUT2D eigenvalue weighted by Crippen LogP contribution is 2.38. The molecule has 0 spiro atoms. The van der Waals surface area contributed by atoms with Crippen LogP contribution in [0.4, 0.5) is 5.00 Å². The van der Waals surface area contributed by atoms with Crippen molar-refractivity contribution in [1.82, 2.24) is 20.2 Å². The van der Waals surface area contributed by atoms with Crippen molar-refractivity contribution < 1.29 is 4.79 Å². The quantitative estimate of drug-likeness (QED) is 0.386. The van der Waals surface area contributed by atoms with Gasteiger partial charge in [-0.15, -0.1) is 11.3 Å². The van der Waals surface area contributed by atoms with E-state index in [9.17, 15) is 9.59 Å². The average molecular weight is 509 g/mol. The Morgan fingerprint density at radius 1 is 1.26 bits per heavy atom. The SMILES string of the molecule is O=C(Cc1cc2cc(Br)ccc2[nH]c1=O)Nc1scc(Br)c1-c1ncn[nH]1. The maximum Gasteiger partial charge on any atom is 0.252 e. The Balaban J connectivity index is 1.60. The molecule has 0 aliphatic heterocycles. The van der Waals surface area contributed by atoms with Crippen molar-refractivity contribution in [3.8, 4) is 11.4 Å². The van der Waals surface area contributed by atoms with E-state index in [-0.39, 0.29) is 17.9 Å². The van der Waals surface area contributed by atoms with Crippen molar-refractivity contribution >= 4 is 65.0 Å². The summed E-state index contributed by atoms with van der Waals surface area (Å²) in [6.07, 6.45) is 1.36. The molecule has 0 unspecified atom stereocenters. The molecule has 4 rings (SSSR count). The van der Waals surface area contributed by atoms with Crippen LogP contribution in [0.5, 0.6) is 0 Å². The molecule has 10 heteroatoms. The Morgan fingerprint density at radius 2 is 2.11 bits per heavy atom. The van der Waals surface area contributed by atoms with Gasteiger partial charge in [0, 0.05) is 25.4 Å². The van der Waals surface area contributed by atoms with E-state index < -0.39 is 0 Å². The molecular formula is C17H11Br2N5O2S. The lowest BCUT2D eigenvalue weighted by Crippen LogP contribution is -2.20. The largest absolute Gasteiger partial charge is 0.322 e. The fraction of sp³-hybridized carbons (Fsp3) is 0.0588. The predicted octanol–water partition coefficient (Wildman–Crippen LogP) is 4.08. The molecule has 7 nitrogen and oxygen atoms in total. The summed E-state index contributed by atoms with van der Waals surface area (Å²) in [6.45, 7) is 0. The van der Waals surface area contributed by atoms with Gasteiger partial charge >= 0.3 is 0 Å². The Bertz CT molecular complexity index is 1200. The predicted molar refractivity (Wildman–Crippen MR) is 112 cm³/mol. The third-order valence-corrected chi connectivity index (χ3v) is 6.20. The molecule has 3 N–H and O–H groups in total. The van der Waals surface area contributed by atoms with Crippen LogP contribution in [0, 0.1) is 0 Å². The molecule has 3 heterocycles. The van der Waals surface area contributed by atoms with Gasteiger partial charge in [-0.25, -0.2) is 4.98 Å². The first-order chi connectivity index (χ1) is 13.0. The lowest BCUT2D eigenvalue weighted by Gasteiger charge is -2.06. The number of halogens is 2. The summed E-state index contributed by atoms with van der Waals surface area (Å²) in [5, 5.41) is 12.8. The topological polar surface area (TPSA) is 104 Å². The minimum Gasteiger partial charge on any atom is -0.322 e. The van der Waals surface area contributed by atoms with E-state index in [0.29, 0.717) is 16.4 Å². The lowest BCUT2D eigenvalue weighted by molar-refractivity contribution is -0.115. The van der Waals surface area contributed by atoms with Crippen LogP contribution < -0.4 is 10.9 Å². The second-order valence-electron chi connectivity index (χ2n) is 5.70. The lowest BCUT2D eigenvalue weighted by atomic mass is 10.1. The summed E-state index contributed by atoms with van der Waals surface area (Å²) in [6, 6.07) is 7.30. The van der Waals surface area contributed by atoms with Crippen LogP contribution in [-0.4, -0.2) is 26.1 Å². The zero-order valence-electron chi connectivity index (χ0n) is 13.5. The van der Waals surface area contributed by atoms with Crippen LogP contribution in [0.3, 0.4) is 0 Å². The highest BCUT2D eigenvalue weighted by Gasteiger charge is 2.17. The van der Waals surface area contributed by atoms with Crippen LogP contribution in [-0.2, 0) is 11.2 Å². The normalized spacial score (nSPS) is 11.0. The number of H-pyrrole nitrogens is 2. The van der Waals surface area contributed by atoms with Gasteiger partial charge in [-0.05, 0) is 45.6 Å². The fourth-order valence-corrected chi connectivity index (χ4v) is 4.69. The molecule has 0 aliphatic carbocycles.